The zero-order chi connectivity index (χ0) is 11.9. The van der Waals surface area contributed by atoms with Crippen molar-refractivity contribution in [2.24, 2.45) is 5.73 Å². The van der Waals surface area contributed by atoms with Crippen LogP contribution in [0.2, 0.25) is 0 Å². The summed E-state index contributed by atoms with van der Waals surface area (Å²) in [5, 5.41) is 0.532. The van der Waals surface area contributed by atoms with Crippen molar-refractivity contribution >= 4 is 23.3 Å². The summed E-state index contributed by atoms with van der Waals surface area (Å²) in [6, 6.07) is 4.89. The second-order valence-electron chi connectivity index (χ2n) is 3.73. The SMILES string of the molecule is Cc1[nH]c2ccccc2c1[C@H](N)C(F)(F)F.Cl. The molecular weight excluding hydrogens is 253 g/mol. The molecule has 0 saturated carbocycles. The van der Waals surface area contributed by atoms with E-state index in [2.05, 4.69) is 4.98 Å². The highest BCUT2D eigenvalue weighted by Gasteiger charge is 2.39. The van der Waals surface area contributed by atoms with E-state index in [0.29, 0.717) is 16.6 Å². The highest BCUT2D eigenvalue weighted by Crippen LogP contribution is 2.36. The van der Waals surface area contributed by atoms with Crippen LogP contribution in [0.5, 0.6) is 0 Å². The first kappa shape index (κ1) is 13.9. The van der Waals surface area contributed by atoms with Crippen molar-refractivity contribution in [3.63, 3.8) is 0 Å². The molecule has 0 aliphatic heterocycles. The number of fused-ring (bicyclic) bond motifs is 1. The van der Waals surface area contributed by atoms with Crippen molar-refractivity contribution in [1.29, 1.82) is 0 Å². The standard InChI is InChI=1S/C11H11F3N2.ClH/c1-6-9(10(15)11(12,13)14)7-4-2-3-5-8(7)16-6;/h2-5,10,16H,15H2,1H3;1H/t10-;/m0./s1. The van der Waals surface area contributed by atoms with Crippen LogP contribution in [0.1, 0.15) is 17.3 Å². The number of aryl methyl sites for hydroxylation is 1. The number of benzene rings is 1. The molecule has 0 bridgehead atoms. The predicted octanol–water partition coefficient (Wildman–Crippen LogP) is 3.46. The van der Waals surface area contributed by atoms with E-state index < -0.39 is 12.2 Å². The maximum atomic E-state index is 12.6. The summed E-state index contributed by atoms with van der Waals surface area (Å²) in [6.07, 6.45) is -4.42. The number of aromatic nitrogens is 1. The minimum absolute atomic E-state index is 0. The largest absolute Gasteiger partial charge is 0.407 e. The molecule has 2 aromatic rings. The molecule has 6 heteroatoms. The van der Waals surface area contributed by atoms with E-state index in [4.69, 9.17) is 5.73 Å². The molecule has 0 aliphatic carbocycles. The Morgan fingerprint density at radius 3 is 2.41 bits per heavy atom. The topological polar surface area (TPSA) is 41.8 Å². The van der Waals surface area contributed by atoms with Gasteiger partial charge in [-0.1, -0.05) is 18.2 Å². The average Bonchev–Trinajstić information content (AvgIpc) is 2.51. The number of alkyl halides is 3. The molecule has 2 nitrogen and oxygen atoms in total. The van der Waals surface area contributed by atoms with Gasteiger partial charge < -0.3 is 10.7 Å². The quantitative estimate of drug-likeness (QED) is 0.814. The normalized spacial score (nSPS) is 13.5. The fourth-order valence-electron chi connectivity index (χ4n) is 1.86. The van der Waals surface area contributed by atoms with E-state index >= 15 is 0 Å². The number of rotatable bonds is 1. The van der Waals surface area contributed by atoms with Gasteiger partial charge in [-0.15, -0.1) is 12.4 Å². The molecule has 1 atom stereocenters. The van der Waals surface area contributed by atoms with Crippen LogP contribution in [-0.2, 0) is 0 Å². The lowest BCUT2D eigenvalue weighted by Gasteiger charge is -2.16. The molecule has 0 unspecified atom stereocenters. The lowest BCUT2D eigenvalue weighted by Crippen LogP contribution is -2.28. The highest BCUT2D eigenvalue weighted by molar-refractivity contribution is 5.85. The number of hydrogen-bond donors (Lipinski definition) is 2. The number of aromatic amines is 1. The molecule has 1 aromatic carbocycles. The number of para-hydroxylation sites is 1. The van der Waals surface area contributed by atoms with Crippen molar-refractivity contribution in [1.82, 2.24) is 4.98 Å². The van der Waals surface area contributed by atoms with Crippen LogP contribution < -0.4 is 5.73 Å². The van der Waals surface area contributed by atoms with Crippen LogP contribution in [0, 0.1) is 6.92 Å². The van der Waals surface area contributed by atoms with E-state index in [1.54, 1.807) is 31.2 Å². The molecule has 17 heavy (non-hydrogen) atoms. The summed E-state index contributed by atoms with van der Waals surface area (Å²) in [6.45, 7) is 1.60. The van der Waals surface area contributed by atoms with E-state index in [1.165, 1.54) is 0 Å². The Labute approximate surface area is 102 Å². The molecule has 0 amide bonds. The van der Waals surface area contributed by atoms with Gasteiger partial charge in [0.2, 0.25) is 0 Å². The van der Waals surface area contributed by atoms with Gasteiger partial charge in [-0.2, -0.15) is 13.2 Å². The van der Waals surface area contributed by atoms with Crippen molar-refractivity contribution in [3.8, 4) is 0 Å². The maximum absolute atomic E-state index is 12.6. The van der Waals surface area contributed by atoms with Crippen molar-refractivity contribution < 1.29 is 13.2 Å². The van der Waals surface area contributed by atoms with Gasteiger partial charge in [0.05, 0.1) is 0 Å². The zero-order valence-electron chi connectivity index (χ0n) is 9.01. The molecular formula is C11H12ClF3N2. The van der Waals surface area contributed by atoms with Crippen LogP contribution in [0.15, 0.2) is 24.3 Å². The number of nitrogens with one attached hydrogen (secondary N) is 1. The van der Waals surface area contributed by atoms with E-state index in [9.17, 15) is 13.2 Å². The van der Waals surface area contributed by atoms with Crippen LogP contribution in [0.25, 0.3) is 10.9 Å². The van der Waals surface area contributed by atoms with Gasteiger partial charge in [0.25, 0.3) is 0 Å². The Balaban J connectivity index is 0.00000144. The third-order valence-corrected chi connectivity index (χ3v) is 2.61. The average molecular weight is 265 g/mol. The monoisotopic (exact) mass is 264 g/mol. The Hall–Kier alpha value is -1.20. The van der Waals surface area contributed by atoms with Gasteiger partial charge >= 0.3 is 6.18 Å². The summed E-state index contributed by atoms with van der Waals surface area (Å²) in [5.74, 6) is 0. The van der Waals surface area contributed by atoms with Crippen LogP contribution in [-0.4, -0.2) is 11.2 Å². The van der Waals surface area contributed by atoms with E-state index in [1.807, 2.05) is 0 Å². The summed E-state index contributed by atoms with van der Waals surface area (Å²) >= 11 is 0. The molecule has 1 aromatic heterocycles. The van der Waals surface area contributed by atoms with Crippen LogP contribution in [0.3, 0.4) is 0 Å². The Morgan fingerprint density at radius 1 is 1.24 bits per heavy atom. The lowest BCUT2D eigenvalue weighted by atomic mass is 10.0. The molecule has 3 N–H and O–H groups in total. The van der Waals surface area contributed by atoms with Crippen LogP contribution >= 0.6 is 12.4 Å². The molecule has 2 rings (SSSR count). The molecule has 94 valence electrons. The Bertz CT molecular complexity index is 519. The summed E-state index contributed by atoms with van der Waals surface area (Å²) < 4.78 is 37.7. The van der Waals surface area contributed by atoms with Gasteiger partial charge in [0, 0.05) is 22.2 Å². The molecule has 0 fully saturated rings. The third kappa shape index (κ3) is 2.40. The number of nitrogens with two attached hydrogens (primary N) is 1. The summed E-state index contributed by atoms with van der Waals surface area (Å²) in [7, 11) is 0. The second-order valence-corrected chi connectivity index (χ2v) is 3.73. The predicted molar refractivity (Wildman–Crippen MR) is 63.3 cm³/mol. The Morgan fingerprint density at radius 2 is 1.82 bits per heavy atom. The minimum Gasteiger partial charge on any atom is -0.358 e. The van der Waals surface area contributed by atoms with E-state index in [0.717, 1.165) is 0 Å². The number of H-pyrrole nitrogens is 1. The lowest BCUT2D eigenvalue weighted by molar-refractivity contribution is -0.149. The van der Waals surface area contributed by atoms with Gasteiger partial charge in [-0.3, -0.25) is 0 Å². The summed E-state index contributed by atoms with van der Waals surface area (Å²) in [4.78, 5) is 2.90. The first-order chi connectivity index (χ1) is 7.41. The zero-order valence-corrected chi connectivity index (χ0v) is 9.82. The second kappa shape index (κ2) is 4.58. The van der Waals surface area contributed by atoms with Gasteiger partial charge in [0.1, 0.15) is 6.04 Å². The van der Waals surface area contributed by atoms with Gasteiger partial charge in [0.15, 0.2) is 0 Å². The molecule has 0 radical (unpaired) electrons. The van der Waals surface area contributed by atoms with E-state index in [-0.39, 0.29) is 18.0 Å². The smallest absolute Gasteiger partial charge is 0.358 e. The first-order valence-corrected chi connectivity index (χ1v) is 4.80. The molecule has 0 saturated heterocycles. The van der Waals surface area contributed by atoms with Crippen molar-refractivity contribution in [2.75, 3.05) is 0 Å². The highest BCUT2D eigenvalue weighted by atomic mass is 35.5. The fourth-order valence-corrected chi connectivity index (χ4v) is 1.86. The van der Waals surface area contributed by atoms with Gasteiger partial charge in [-0.25, -0.2) is 0 Å². The molecule has 1 heterocycles. The first-order valence-electron chi connectivity index (χ1n) is 4.80. The number of halogens is 4. The summed E-state index contributed by atoms with van der Waals surface area (Å²) in [5.41, 5.74) is 6.51. The third-order valence-electron chi connectivity index (χ3n) is 2.61. The van der Waals surface area contributed by atoms with Crippen LogP contribution in [0.4, 0.5) is 13.2 Å². The number of hydrogen-bond acceptors (Lipinski definition) is 1. The van der Waals surface area contributed by atoms with Crippen molar-refractivity contribution in [2.45, 2.75) is 19.1 Å². The molecule has 0 spiro atoms. The Kier molecular flexibility index (Phi) is 3.74. The molecule has 0 aliphatic rings. The fraction of sp³-hybridized carbons (Fsp3) is 0.273. The van der Waals surface area contributed by atoms with Crippen molar-refractivity contribution in [3.05, 3.63) is 35.5 Å². The minimum atomic E-state index is -4.42. The van der Waals surface area contributed by atoms with Gasteiger partial charge in [-0.05, 0) is 13.0 Å². The maximum Gasteiger partial charge on any atom is 0.407 e.